The topological polar surface area (TPSA) is 104 Å². The molecule has 0 fully saturated rings. The highest BCUT2D eigenvalue weighted by molar-refractivity contribution is 5.94. The molecule has 0 bridgehead atoms. The number of esters is 1. The summed E-state index contributed by atoms with van der Waals surface area (Å²) in [5.41, 5.74) is 3.15. The first-order valence-corrected chi connectivity index (χ1v) is 14.2. The van der Waals surface area contributed by atoms with Gasteiger partial charge in [-0.1, -0.05) is 107 Å². The van der Waals surface area contributed by atoms with Crippen LogP contribution in [0.5, 0.6) is 17.2 Å². The van der Waals surface area contributed by atoms with Crippen LogP contribution in [0.3, 0.4) is 0 Å². The monoisotopic (exact) mass is 576 g/mol. The summed E-state index contributed by atoms with van der Waals surface area (Å²) in [6.07, 6.45) is 0. The van der Waals surface area contributed by atoms with Crippen LogP contribution in [-0.2, 0) is 21.7 Å². The molecule has 3 aromatic carbocycles. The number of aromatic hydroxyl groups is 2. The first-order valence-electron chi connectivity index (χ1n) is 14.2. The van der Waals surface area contributed by atoms with Crippen molar-refractivity contribution in [1.29, 1.82) is 0 Å². The van der Waals surface area contributed by atoms with Crippen LogP contribution in [0.25, 0.3) is 0 Å². The molecular weight excluding hydrogens is 528 g/mol. The molecule has 0 heterocycles. The lowest BCUT2D eigenvalue weighted by Gasteiger charge is -2.27. The van der Waals surface area contributed by atoms with E-state index < -0.39 is 11.9 Å². The summed E-state index contributed by atoms with van der Waals surface area (Å²) >= 11 is 0. The number of para-hydroxylation sites is 1. The van der Waals surface area contributed by atoms with Gasteiger partial charge in [0.05, 0.1) is 5.56 Å². The average molecular weight is 577 g/mol. The molecule has 3 rings (SSSR count). The Morgan fingerprint density at radius 2 is 1.10 bits per heavy atom. The second-order valence-electron chi connectivity index (χ2n) is 14.8. The zero-order valence-corrected chi connectivity index (χ0v) is 27.3. The highest BCUT2D eigenvalue weighted by Crippen LogP contribution is 2.40. The predicted molar refractivity (Wildman–Crippen MR) is 169 cm³/mol. The third kappa shape index (κ3) is 8.60. The molecule has 0 aromatic heterocycles. The first kappa shape index (κ1) is 34.4. The van der Waals surface area contributed by atoms with Gasteiger partial charge >= 0.3 is 11.9 Å². The second-order valence-corrected chi connectivity index (χ2v) is 14.8. The van der Waals surface area contributed by atoms with Crippen molar-refractivity contribution in [3.05, 3.63) is 88.0 Å². The maximum atomic E-state index is 12.4. The molecular formula is C36H48O6. The minimum Gasteiger partial charge on any atom is -0.507 e. The molecule has 0 aliphatic heterocycles. The molecule has 0 saturated carbocycles. The zero-order valence-electron chi connectivity index (χ0n) is 27.3. The van der Waals surface area contributed by atoms with E-state index in [-0.39, 0.29) is 44.3 Å². The van der Waals surface area contributed by atoms with E-state index in [0.717, 1.165) is 5.56 Å². The number of benzene rings is 3. The van der Waals surface area contributed by atoms with Crippen LogP contribution in [-0.4, -0.2) is 27.3 Å². The van der Waals surface area contributed by atoms with E-state index in [1.54, 1.807) is 30.3 Å². The Kier molecular flexibility index (Phi) is 10.00. The Morgan fingerprint density at radius 3 is 1.50 bits per heavy atom. The quantitative estimate of drug-likeness (QED) is 0.212. The maximum absolute atomic E-state index is 12.4. The number of carboxylic acid groups (broad SMARTS) is 1. The first-order chi connectivity index (χ1) is 18.9. The average Bonchev–Trinajstić information content (AvgIpc) is 2.82. The zero-order chi connectivity index (χ0) is 32.4. The third-order valence-corrected chi connectivity index (χ3v) is 6.95. The van der Waals surface area contributed by atoms with Crippen molar-refractivity contribution < 1.29 is 29.6 Å². The fourth-order valence-corrected chi connectivity index (χ4v) is 4.37. The fourth-order valence-electron chi connectivity index (χ4n) is 4.37. The minimum absolute atomic E-state index is 0.0141. The molecule has 0 saturated heterocycles. The van der Waals surface area contributed by atoms with Gasteiger partial charge in [0.25, 0.3) is 0 Å². The Balaban J connectivity index is 0.000000307. The largest absolute Gasteiger partial charge is 0.507 e. The number of carboxylic acids is 1. The second kappa shape index (κ2) is 12.2. The third-order valence-electron chi connectivity index (χ3n) is 6.95. The molecule has 6 heteroatoms. The number of aromatic carboxylic acids is 1. The summed E-state index contributed by atoms with van der Waals surface area (Å²) < 4.78 is 5.61. The standard InChI is InChI=1S/C21H26O3.C15H22O3/c1-20(2,3)14-11-12-18(16(13-14)21(4,5)6)24-19(23)15-9-7-8-10-17(15)22;1-14(2,3)10-7-9(13(17)18)8-11(12(10)16)15(4,5)6/h7-13,22H,1-6H3;7-8,16H,1-6H3,(H,17,18). The number of hydrogen-bond acceptors (Lipinski definition) is 5. The van der Waals surface area contributed by atoms with E-state index in [4.69, 9.17) is 4.74 Å². The molecule has 6 nitrogen and oxygen atoms in total. The van der Waals surface area contributed by atoms with Crippen LogP contribution in [0, 0.1) is 0 Å². The van der Waals surface area contributed by atoms with Gasteiger partial charge in [0.1, 0.15) is 22.8 Å². The highest BCUT2D eigenvalue weighted by Gasteiger charge is 2.28. The summed E-state index contributed by atoms with van der Waals surface area (Å²) in [4.78, 5) is 23.6. The normalized spacial score (nSPS) is 12.3. The Bertz CT molecular complexity index is 1400. The molecule has 3 N–H and O–H groups in total. The van der Waals surface area contributed by atoms with Gasteiger partial charge in [-0.05, 0) is 57.6 Å². The van der Waals surface area contributed by atoms with Crippen molar-refractivity contribution in [2.45, 2.75) is 105 Å². The number of phenols is 2. The molecule has 228 valence electrons. The van der Waals surface area contributed by atoms with Crippen LogP contribution >= 0.6 is 0 Å². The van der Waals surface area contributed by atoms with Gasteiger partial charge in [-0.15, -0.1) is 0 Å². The molecule has 0 radical (unpaired) electrons. The SMILES string of the molecule is CC(C)(C)c1cc(C(=O)O)cc(C(C)(C)C)c1O.CC(C)(C)c1ccc(OC(=O)c2ccccc2O)c(C(C)(C)C)c1. The van der Waals surface area contributed by atoms with Crippen LogP contribution in [0.4, 0.5) is 0 Å². The Morgan fingerprint density at radius 1 is 0.619 bits per heavy atom. The summed E-state index contributed by atoms with van der Waals surface area (Å²) in [5.74, 6) is -0.858. The van der Waals surface area contributed by atoms with Gasteiger partial charge in [0, 0.05) is 16.7 Å². The van der Waals surface area contributed by atoms with Crippen molar-refractivity contribution in [2.24, 2.45) is 0 Å². The highest BCUT2D eigenvalue weighted by atomic mass is 16.5. The van der Waals surface area contributed by atoms with E-state index >= 15 is 0 Å². The van der Waals surface area contributed by atoms with E-state index in [1.807, 2.05) is 53.7 Å². The molecule has 3 aromatic rings. The van der Waals surface area contributed by atoms with Crippen molar-refractivity contribution in [3.8, 4) is 17.2 Å². The van der Waals surface area contributed by atoms with Gasteiger partial charge in [-0.25, -0.2) is 9.59 Å². The lowest BCUT2D eigenvalue weighted by atomic mass is 9.78. The van der Waals surface area contributed by atoms with Crippen LogP contribution in [0.1, 0.15) is 126 Å². The number of carbonyl (C=O) groups is 2. The van der Waals surface area contributed by atoms with E-state index in [9.17, 15) is 24.9 Å². The molecule has 0 amide bonds. The van der Waals surface area contributed by atoms with Gasteiger partial charge < -0.3 is 20.1 Å². The van der Waals surface area contributed by atoms with Gasteiger partial charge in [-0.2, -0.15) is 0 Å². The molecule has 0 unspecified atom stereocenters. The predicted octanol–water partition coefficient (Wildman–Crippen LogP) is 8.89. The molecule has 0 aliphatic rings. The smallest absolute Gasteiger partial charge is 0.347 e. The fraction of sp³-hybridized carbons (Fsp3) is 0.444. The van der Waals surface area contributed by atoms with Crippen molar-refractivity contribution >= 4 is 11.9 Å². The summed E-state index contributed by atoms with van der Waals surface area (Å²) in [5, 5.41) is 29.4. The molecule has 42 heavy (non-hydrogen) atoms. The minimum atomic E-state index is -0.967. The van der Waals surface area contributed by atoms with E-state index in [0.29, 0.717) is 16.9 Å². The molecule has 0 aliphatic carbocycles. The summed E-state index contributed by atoms with van der Waals surface area (Å²) in [6, 6.07) is 15.5. The lowest BCUT2D eigenvalue weighted by molar-refractivity contribution is 0.0693. The van der Waals surface area contributed by atoms with Gasteiger partial charge in [0.2, 0.25) is 0 Å². The van der Waals surface area contributed by atoms with Crippen LogP contribution in [0.2, 0.25) is 0 Å². The van der Waals surface area contributed by atoms with Gasteiger partial charge in [0.15, 0.2) is 0 Å². The summed E-state index contributed by atoms with van der Waals surface area (Å²) in [6.45, 7) is 24.5. The van der Waals surface area contributed by atoms with Crippen LogP contribution < -0.4 is 4.74 Å². The number of carbonyl (C=O) groups excluding carboxylic acids is 1. The maximum Gasteiger partial charge on any atom is 0.347 e. The van der Waals surface area contributed by atoms with Gasteiger partial charge in [-0.3, -0.25) is 0 Å². The lowest BCUT2D eigenvalue weighted by Crippen LogP contribution is -2.19. The number of phenolic OH excluding ortho intramolecular Hbond substituents is 2. The number of rotatable bonds is 3. The van der Waals surface area contributed by atoms with E-state index in [2.05, 4.69) is 47.6 Å². The molecule has 0 atom stereocenters. The number of hydrogen-bond donors (Lipinski definition) is 3. The van der Waals surface area contributed by atoms with Crippen molar-refractivity contribution in [1.82, 2.24) is 0 Å². The summed E-state index contributed by atoms with van der Waals surface area (Å²) in [7, 11) is 0. The Labute approximate surface area is 251 Å². The number of ether oxygens (including phenoxy) is 1. The van der Waals surface area contributed by atoms with Crippen molar-refractivity contribution in [3.63, 3.8) is 0 Å². The Hall–Kier alpha value is -3.80. The van der Waals surface area contributed by atoms with Crippen LogP contribution in [0.15, 0.2) is 54.6 Å². The molecule has 0 spiro atoms. The van der Waals surface area contributed by atoms with E-state index in [1.165, 1.54) is 11.6 Å². The van der Waals surface area contributed by atoms with Crippen molar-refractivity contribution in [2.75, 3.05) is 0 Å².